The van der Waals surface area contributed by atoms with Crippen LogP contribution in [0.3, 0.4) is 0 Å². The topological polar surface area (TPSA) is 46.6 Å². The van der Waals surface area contributed by atoms with Crippen LogP contribution in [-0.2, 0) is 9.53 Å². The van der Waals surface area contributed by atoms with Gasteiger partial charge in [-0.2, -0.15) is 0 Å². The summed E-state index contributed by atoms with van der Waals surface area (Å²) < 4.78 is 5.21. The third kappa shape index (κ3) is 3.71. The lowest BCUT2D eigenvalue weighted by Crippen LogP contribution is -2.37. The predicted octanol–water partition coefficient (Wildman–Crippen LogP) is 3.51. The van der Waals surface area contributed by atoms with Gasteiger partial charge in [-0.15, -0.1) is 11.3 Å². The minimum absolute atomic E-state index is 0.479. The van der Waals surface area contributed by atoms with E-state index < -0.39 is 17.7 Å². The molecule has 1 heterocycles. The van der Waals surface area contributed by atoms with E-state index in [1.54, 1.807) is 32.2 Å². The number of thiophene rings is 1. The van der Waals surface area contributed by atoms with Crippen LogP contribution < -0.4 is 0 Å². The Morgan fingerprint density at radius 1 is 1.56 bits per heavy atom. The molecule has 0 aromatic carbocycles. The second-order valence-electron chi connectivity index (χ2n) is 4.80. The molecule has 1 rings (SSSR count). The van der Waals surface area contributed by atoms with Gasteiger partial charge in [0.1, 0.15) is 17.9 Å². The number of hydrogen-bond acceptors (Lipinski definition) is 4. The number of amides is 1. The van der Waals surface area contributed by atoms with E-state index in [1.165, 1.54) is 23.3 Å². The van der Waals surface area contributed by atoms with Crippen LogP contribution in [0.15, 0.2) is 11.4 Å². The van der Waals surface area contributed by atoms with Gasteiger partial charge in [-0.1, -0.05) is 11.6 Å². The summed E-state index contributed by atoms with van der Waals surface area (Å²) in [4.78, 5) is 24.9. The van der Waals surface area contributed by atoms with Crippen LogP contribution in [0.2, 0.25) is 5.02 Å². The van der Waals surface area contributed by atoms with Gasteiger partial charge in [-0.25, -0.2) is 4.79 Å². The fourth-order valence-corrected chi connectivity index (χ4v) is 2.56. The molecule has 1 unspecified atom stereocenters. The molecule has 0 aliphatic carbocycles. The lowest BCUT2D eigenvalue weighted by Gasteiger charge is -2.27. The van der Waals surface area contributed by atoms with Crippen LogP contribution in [0, 0.1) is 0 Å². The van der Waals surface area contributed by atoms with Gasteiger partial charge in [-0.3, -0.25) is 4.90 Å². The van der Waals surface area contributed by atoms with Crippen LogP contribution in [0.1, 0.15) is 31.7 Å². The maximum atomic E-state index is 11.9. The summed E-state index contributed by atoms with van der Waals surface area (Å²) in [6, 6.07) is 0.980. The molecular weight excluding hydrogens is 274 g/mol. The maximum Gasteiger partial charge on any atom is 0.410 e. The highest BCUT2D eigenvalue weighted by Gasteiger charge is 2.28. The van der Waals surface area contributed by atoms with Crippen LogP contribution in [0.4, 0.5) is 4.79 Å². The molecule has 1 atom stereocenters. The van der Waals surface area contributed by atoms with Crippen molar-refractivity contribution in [3.63, 3.8) is 0 Å². The Morgan fingerprint density at radius 2 is 2.17 bits per heavy atom. The molecule has 0 radical (unpaired) electrons. The average molecular weight is 290 g/mol. The minimum Gasteiger partial charge on any atom is -0.444 e. The van der Waals surface area contributed by atoms with Crippen molar-refractivity contribution in [2.45, 2.75) is 32.4 Å². The Balaban J connectivity index is 2.87. The zero-order chi connectivity index (χ0) is 13.9. The van der Waals surface area contributed by atoms with Crippen LogP contribution >= 0.6 is 22.9 Å². The first-order chi connectivity index (χ1) is 8.26. The largest absolute Gasteiger partial charge is 0.444 e. The van der Waals surface area contributed by atoms with Gasteiger partial charge in [0, 0.05) is 7.05 Å². The molecule has 0 N–H and O–H groups in total. The van der Waals surface area contributed by atoms with E-state index in [0.717, 1.165) is 0 Å². The summed E-state index contributed by atoms with van der Waals surface area (Å²) in [7, 11) is 1.52. The van der Waals surface area contributed by atoms with Crippen molar-refractivity contribution in [3.05, 3.63) is 21.3 Å². The Hall–Kier alpha value is -1.07. The molecule has 0 saturated carbocycles. The normalized spacial score (nSPS) is 12.9. The lowest BCUT2D eigenvalue weighted by molar-refractivity contribution is -0.112. The van der Waals surface area contributed by atoms with E-state index in [9.17, 15) is 9.59 Å². The quantitative estimate of drug-likeness (QED) is 0.800. The van der Waals surface area contributed by atoms with E-state index in [0.29, 0.717) is 16.2 Å². The first-order valence-corrected chi connectivity index (χ1v) is 6.66. The highest BCUT2D eigenvalue weighted by Crippen LogP contribution is 2.31. The first-order valence-electron chi connectivity index (χ1n) is 5.40. The summed E-state index contributed by atoms with van der Waals surface area (Å²) in [5.74, 6) is 0. The molecule has 0 fully saturated rings. The van der Waals surface area contributed by atoms with Crippen LogP contribution in [0.25, 0.3) is 0 Å². The van der Waals surface area contributed by atoms with E-state index in [4.69, 9.17) is 16.3 Å². The summed E-state index contributed by atoms with van der Waals surface area (Å²) in [5.41, 5.74) is -0.599. The molecule has 18 heavy (non-hydrogen) atoms. The number of hydrogen-bond donors (Lipinski definition) is 0. The number of likely N-dealkylation sites (N-methyl/N-ethyl adjacent to an activating group) is 1. The van der Waals surface area contributed by atoms with Crippen molar-refractivity contribution in [2.24, 2.45) is 0 Å². The fourth-order valence-electron chi connectivity index (χ4n) is 1.29. The van der Waals surface area contributed by atoms with Crippen molar-refractivity contribution in [1.82, 2.24) is 4.90 Å². The second kappa shape index (κ2) is 5.71. The number of carbonyl (C=O) groups excluding carboxylic acids is 2. The van der Waals surface area contributed by atoms with Crippen molar-refractivity contribution in [3.8, 4) is 0 Å². The van der Waals surface area contributed by atoms with Gasteiger partial charge in [0.2, 0.25) is 0 Å². The number of carbonyl (C=O) groups is 2. The summed E-state index contributed by atoms with van der Waals surface area (Å²) in [6.45, 7) is 5.31. The van der Waals surface area contributed by atoms with Crippen molar-refractivity contribution in [1.29, 1.82) is 0 Å². The zero-order valence-corrected chi connectivity index (χ0v) is 12.3. The number of rotatable bonds is 3. The Morgan fingerprint density at radius 3 is 2.56 bits per heavy atom. The van der Waals surface area contributed by atoms with E-state index in [2.05, 4.69) is 0 Å². The van der Waals surface area contributed by atoms with Gasteiger partial charge < -0.3 is 9.53 Å². The highest BCUT2D eigenvalue weighted by atomic mass is 35.5. The van der Waals surface area contributed by atoms with Gasteiger partial charge >= 0.3 is 6.09 Å². The van der Waals surface area contributed by atoms with Crippen LogP contribution in [-0.4, -0.2) is 29.9 Å². The monoisotopic (exact) mass is 289 g/mol. The second-order valence-corrected chi connectivity index (χ2v) is 6.16. The Labute approximate surface area is 115 Å². The summed E-state index contributed by atoms with van der Waals surface area (Å²) >= 11 is 7.30. The SMILES string of the molecule is CN(C(=O)OC(C)(C)C)C(C=O)c1sccc1Cl. The number of aldehydes is 1. The lowest BCUT2D eigenvalue weighted by atomic mass is 10.2. The van der Waals surface area contributed by atoms with Crippen LogP contribution in [0.5, 0.6) is 0 Å². The average Bonchev–Trinajstić information content (AvgIpc) is 2.63. The molecule has 1 aromatic heterocycles. The van der Waals surface area contributed by atoms with Crippen molar-refractivity contribution < 1.29 is 14.3 Å². The molecule has 1 aromatic rings. The molecule has 100 valence electrons. The fraction of sp³-hybridized carbons (Fsp3) is 0.500. The minimum atomic E-state index is -0.715. The third-order valence-electron chi connectivity index (χ3n) is 2.14. The summed E-state index contributed by atoms with van der Waals surface area (Å²) in [5, 5.41) is 2.25. The Kier molecular flexibility index (Phi) is 4.76. The van der Waals surface area contributed by atoms with E-state index >= 15 is 0 Å². The highest BCUT2D eigenvalue weighted by molar-refractivity contribution is 7.10. The molecule has 0 spiro atoms. The van der Waals surface area contributed by atoms with Gasteiger partial charge in [-0.05, 0) is 32.2 Å². The predicted molar refractivity (Wildman–Crippen MR) is 72.1 cm³/mol. The zero-order valence-electron chi connectivity index (χ0n) is 10.8. The molecule has 0 aliphatic rings. The first kappa shape index (κ1) is 15.0. The van der Waals surface area contributed by atoms with Gasteiger partial charge in [0.25, 0.3) is 0 Å². The third-order valence-corrected chi connectivity index (χ3v) is 3.57. The number of ether oxygens (including phenoxy) is 1. The smallest absolute Gasteiger partial charge is 0.410 e. The standard InChI is InChI=1S/C12H16ClNO3S/c1-12(2,3)17-11(16)14(4)9(7-15)10-8(13)5-6-18-10/h5-7,9H,1-4H3. The van der Waals surface area contributed by atoms with Crippen molar-refractivity contribution >= 4 is 35.3 Å². The van der Waals surface area contributed by atoms with E-state index in [1.807, 2.05) is 0 Å². The van der Waals surface area contributed by atoms with Gasteiger partial charge in [0.05, 0.1) is 9.90 Å². The van der Waals surface area contributed by atoms with E-state index in [-0.39, 0.29) is 0 Å². The molecular formula is C12H16ClNO3S. The molecule has 0 bridgehead atoms. The number of halogens is 1. The maximum absolute atomic E-state index is 11.9. The Bertz CT molecular complexity index is 439. The molecule has 6 heteroatoms. The molecule has 1 amide bonds. The van der Waals surface area contributed by atoms with Gasteiger partial charge in [0.15, 0.2) is 0 Å². The molecule has 0 aliphatic heterocycles. The molecule has 0 saturated heterocycles. The molecule has 4 nitrogen and oxygen atoms in total. The number of nitrogens with zero attached hydrogens (tertiary/aromatic N) is 1. The van der Waals surface area contributed by atoms with Crippen molar-refractivity contribution in [2.75, 3.05) is 7.05 Å². The summed E-state index contributed by atoms with van der Waals surface area (Å²) in [6.07, 6.45) is 0.130.